The van der Waals surface area contributed by atoms with Crippen LogP contribution in [0, 0.1) is 18.8 Å². The molecule has 1 spiro atoms. The van der Waals surface area contributed by atoms with Gasteiger partial charge in [0.25, 0.3) is 5.91 Å². The second kappa shape index (κ2) is 12.5. The van der Waals surface area contributed by atoms with Gasteiger partial charge in [0.15, 0.2) is 0 Å². The van der Waals surface area contributed by atoms with Gasteiger partial charge >= 0.3 is 0 Å². The lowest BCUT2D eigenvalue weighted by Crippen LogP contribution is -2.57. The highest BCUT2D eigenvalue weighted by atomic mass is 35.5. The van der Waals surface area contributed by atoms with Gasteiger partial charge in [-0.3, -0.25) is 14.4 Å². The van der Waals surface area contributed by atoms with Crippen molar-refractivity contribution < 1.29 is 29.0 Å². The maximum Gasteiger partial charge on any atom is 0.253 e. The molecule has 3 amide bonds. The number of hydrogen-bond acceptors (Lipinski definition) is 6. The van der Waals surface area contributed by atoms with Crippen molar-refractivity contribution >= 4 is 40.7 Å². The first-order valence-electron chi connectivity index (χ1n) is 14.7. The number of β-amino-alcohol motifs (C(OH)–C–C–N with tert-alkyl or cyclic N) is 1. The molecule has 10 heteroatoms. The molecule has 3 saturated heterocycles. The van der Waals surface area contributed by atoms with Crippen molar-refractivity contribution in [1.82, 2.24) is 4.90 Å². The fourth-order valence-electron chi connectivity index (χ4n) is 7.12. The molecule has 5 atom stereocenters. The minimum Gasteiger partial charge on any atom is -0.494 e. The van der Waals surface area contributed by atoms with E-state index in [0.29, 0.717) is 41.6 Å². The SMILES string of the molecule is C=CCN(C(=O)[C@@H]1[C@@H]2CCC3(O2)C(C(=O)N(CC=C)c2c(C)cccc2Cl)N(CCO)C(=O)[C@H]13)c1ccc(OCC)cc1. The average Bonchev–Trinajstić information content (AvgIpc) is 3.63. The van der Waals surface area contributed by atoms with Crippen LogP contribution in [0.25, 0.3) is 0 Å². The molecule has 2 aromatic rings. The van der Waals surface area contributed by atoms with E-state index in [1.807, 2.05) is 19.9 Å². The number of benzene rings is 2. The van der Waals surface area contributed by atoms with Crippen LogP contribution in [0.5, 0.6) is 5.75 Å². The predicted molar refractivity (Wildman–Crippen MR) is 165 cm³/mol. The molecule has 0 aliphatic carbocycles. The molecule has 0 saturated carbocycles. The van der Waals surface area contributed by atoms with Gasteiger partial charge in [0.2, 0.25) is 11.8 Å². The fraction of sp³-hybridized carbons (Fsp3) is 0.424. The number of carbonyl (C=O) groups excluding carboxylic acids is 3. The number of para-hydroxylation sites is 1. The van der Waals surface area contributed by atoms with Crippen LogP contribution < -0.4 is 14.5 Å². The maximum atomic E-state index is 14.6. The smallest absolute Gasteiger partial charge is 0.253 e. The summed E-state index contributed by atoms with van der Waals surface area (Å²) in [5.74, 6) is -2.02. The lowest BCUT2D eigenvalue weighted by atomic mass is 9.70. The second-order valence-electron chi connectivity index (χ2n) is 11.1. The maximum absolute atomic E-state index is 14.6. The number of aliphatic hydroxyl groups is 1. The van der Waals surface area contributed by atoms with Gasteiger partial charge in [-0.1, -0.05) is 35.9 Å². The molecule has 3 fully saturated rings. The summed E-state index contributed by atoms with van der Waals surface area (Å²) in [4.78, 5) is 47.6. The van der Waals surface area contributed by atoms with Crippen LogP contribution in [0.2, 0.25) is 5.02 Å². The average molecular weight is 608 g/mol. The van der Waals surface area contributed by atoms with E-state index in [0.717, 1.165) is 5.56 Å². The van der Waals surface area contributed by atoms with Crippen molar-refractivity contribution in [2.24, 2.45) is 11.8 Å². The van der Waals surface area contributed by atoms with Crippen molar-refractivity contribution in [2.45, 2.75) is 44.4 Å². The predicted octanol–water partition coefficient (Wildman–Crippen LogP) is 4.15. The van der Waals surface area contributed by atoms with E-state index < -0.39 is 29.6 Å². The van der Waals surface area contributed by atoms with E-state index in [-0.39, 0.29) is 44.0 Å². The number of aryl methyl sites for hydroxylation is 1. The van der Waals surface area contributed by atoms with Gasteiger partial charge < -0.3 is 29.3 Å². The molecule has 3 aliphatic rings. The third-order valence-electron chi connectivity index (χ3n) is 8.73. The van der Waals surface area contributed by atoms with Crippen LogP contribution in [-0.2, 0) is 19.1 Å². The van der Waals surface area contributed by atoms with Crippen LogP contribution in [0.4, 0.5) is 11.4 Å². The Balaban J connectivity index is 1.54. The number of ether oxygens (including phenoxy) is 2. The number of hydrogen-bond donors (Lipinski definition) is 1. The summed E-state index contributed by atoms with van der Waals surface area (Å²) in [6.07, 6.45) is 3.67. The quantitative estimate of drug-likeness (QED) is 0.364. The van der Waals surface area contributed by atoms with E-state index in [1.165, 1.54) is 9.80 Å². The summed E-state index contributed by atoms with van der Waals surface area (Å²) in [7, 11) is 0. The van der Waals surface area contributed by atoms with Gasteiger partial charge in [0.05, 0.1) is 41.9 Å². The molecule has 228 valence electrons. The van der Waals surface area contributed by atoms with Crippen LogP contribution in [0.3, 0.4) is 0 Å². The Bertz CT molecular complexity index is 1390. The summed E-state index contributed by atoms with van der Waals surface area (Å²) in [6, 6.07) is 11.5. The molecule has 1 N–H and O–H groups in total. The normalized spacial score (nSPS) is 25.4. The third-order valence-corrected chi connectivity index (χ3v) is 9.04. The Labute approximate surface area is 257 Å². The van der Waals surface area contributed by atoms with Crippen molar-refractivity contribution in [2.75, 3.05) is 42.6 Å². The summed E-state index contributed by atoms with van der Waals surface area (Å²) in [5.41, 5.74) is 0.733. The monoisotopic (exact) mass is 607 g/mol. The highest BCUT2D eigenvalue weighted by molar-refractivity contribution is 6.34. The van der Waals surface area contributed by atoms with Gasteiger partial charge in [0, 0.05) is 25.3 Å². The Morgan fingerprint density at radius 2 is 1.84 bits per heavy atom. The fourth-order valence-corrected chi connectivity index (χ4v) is 7.44. The Hall–Kier alpha value is -3.66. The van der Waals surface area contributed by atoms with Crippen molar-refractivity contribution in [3.8, 4) is 5.75 Å². The van der Waals surface area contributed by atoms with Crippen LogP contribution >= 0.6 is 11.6 Å². The summed E-state index contributed by atoms with van der Waals surface area (Å²) < 4.78 is 12.2. The lowest BCUT2D eigenvalue weighted by Gasteiger charge is -2.37. The topological polar surface area (TPSA) is 99.6 Å². The Kier molecular flexibility index (Phi) is 8.96. The minimum atomic E-state index is -1.22. The molecule has 9 nitrogen and oxygen atoms in total. The molecule has 0 aromatic heterocycles. The Morgan fingerprint density at radius 1 is 1.14 bits per heavy atom. The van der Waals surface area contributed by atoms with E-state index in [1.54, 1.807) is 53.5 Å². The molecule has 43 heavy (non-hydrogen) atoms. The number of aliphatic hydroxyl groups excluding tert-OH is 1. The van der Waals surface area contributed by atoms with Crippen molar-refractivity contribution in [3.63, 3.8) is 0 Å². The molecular formula is C33H38ClN3O6. The zero-order valence-electron chi connectivity index (χ0n) is 24.6. The van der Waals surface area contributed by atoms with Gasteiger partial charge in [-0.05, 0) is 62.6 Å². The first-order chi connectivity index (χ1) is 20.7. The molecule has 0 radical (unpaired) electrons. The van der Waals surface area contributed by atoms with Crippen LogP contribution in [-0.4, -0.2) is 78.3 Å². The standard InChI is InChI=1S/C33H38ClN3O6/c1-5-17-35(22-11-13-23(14-12-22)42-7-3)30(39)26-25-15-16-33(43-25)27(26)31(40)37(19-20-38)29(33)32(41)36(18-6-2)28-21(4)9-8-10-24(28)34/h5-6,8-14,25-27,29,38H,1-2,7,15-20H2,3-4H3/t25-,26+,27-,29?,33?/m0/s1. The summed E-state index contributed by atoms with van der Waals surface area (Å²) >= 11 is 6.59. The van der Waals surface area contributed by atoms with Crippen LogP contribution in [0.15, 0.2) is 67.8 Å². The zero-order chi connectivity index (χ0) is 30.9. The molecular weight excluding hydrogens is 570 g/mol. The molecule has 3 aliphatic heterocycles. The van der Waals surface area contributed by atoms with Gasteiger partial charge in [0.1, 0.15) is 17.4 Å². The number of likely N-dealkylation sites (tertiary alicyclic amines) is 1. The lowest BCUT2D eigenvalue weighted by molar-refractivity contribution is -0.141. The number of halogens is 1. The number of anilines is 2. The number of rotatable bonds is 12. The van der Waals surface area contributed by atoms with Crippen molar-refractivity contribution in [1.29, 1.82) is 0 Å². The van der Waals surface area contributed by atoms with E-state index in [9.17, 15) is 19.5 Å². The highest BCUT2D eigenvalue weighted by Gasteiger charge is 2.75. The summed E-state index contributed by atoms with van der Waals surface area (Å²) in [6.45, 7) is 11.9. The molecule has 2 bridgehead atoms. The molecule has 2 aromatic carbocycles. The van der Waals surface area contributed by atoms with Gasteiger partial charge in [-0.2, -0.15) is 0 Å². The zero-order valence-corrected chi connectivity index (χ0v) is 25.3. The molecule has 2 unspecified atom stereocenters. The summed E-state index contributed by atoms with van der Waals surface area (Å²) in [5, 5.41) is 10.4. The third kappa shape index (κ3) is 5.13. The van der Waals surface area contributed by atoms with Crippen LogP contribution in [0.1, 0.15) is 25.3 Å². The number of carbonyl (C=O) groups is 3. The van der Waals surface area contributed by atoms with Gasteiger partial charge in [-0.25, -0.2) is 0 Å². The van der Waals surface area contributed by atoms with E-state index in [4.69, 9.17) is 21.1 Å². The number of fused-ring (bicyclic) bond motifs is 1. The van der Waals surface area contributed by atoms with E-state index in [2.05, 4.69) is 13.2 Å². The molecule has 3 heterocycles. The van der Waals surface area contributed by atoms with E-state index >= 15 is 0 Å². The number of amides is 3. The minimum absolute atomic E-state index is 0.0683. The van der Waals surface area contributed by atoms with Crippen molar-refractivity contribution in [3.05, 3.63) is 78.4 Å². The second-order valence-corrected chi connectivity index (χ2v) is 11.5. The first kappa shape index (κ1) is 30.8. The first-order valence-corrected chi connectivity index (χ1v) is 15.0. The molecule has 5 rings (SSSR count). The Morgan fingerprint density at radius 3 is 2.47 bits per heavy atom. The largest absolute Gasteiger partial charge is 0.494 e. The van der Waals surface area contributed by atoms with Gasteiger partial charge in [-0.15, -0.1) is 13.2 Å². The highest BCUT2D eigenvalue weighted by Crippen LogP contribution is 2.59. The number of nitrogens with zero attached hydrogens (tertiary/aromatic N) is 3.